The Balaban J connectivity index is 1.99. The highest BCUT2D eigenvalue weighted by molar-refractivity contribution is 7.20. The van der Waals surface area contributed by atoms with Crippen LogP contribution in [0.5, 0.6) is 5.75 Å². The van der Waals surface area contributed by atoms with Crippen LogP contribution in [-0.2, 0) is 0 Å². The van der Waals surface area contributed by atoms with Crippen molar-refractivity contribution in [2.24, 2.45) is 0 Å². The molecule has 1 amide bonds. The Morgan fingerprint density at radius 3 is 2.56 bits per heavy atom. The highest BCUT2D eigenvalue weighted by Crippen LogP contribution is 2.31. The van der Waals surface area contributed by atoms with E-state index in [1.54, 1.807) is 19.2 Å². The number of hydrogen-bond acceptors (Lipinski definition) is 6. The number of carbonyl (C=O) groups is 1. The van der Waals surface area contributed by atoms with Crippen molar-refractivity contribution in [1.29, 1.82) is 0 Å². The molecule has 3 rings (SSSR count). The van der Waals surface area contributed by atoms with Crippen LogP contribution in [0.2, 0.25) is 0 Å². The van der Waals surface area contributed by atoms with Crippen LogP contribution in [-0.4, -0.2) is 37.1 Å². The quantitative estimate of drug-likeness (QED) is 0.701. The number of nitrogens with zero attached hydrogens (tertiary/aromatic N) is 4. The molecule has 0 spiro atoms. The van der Waals surface area contributed by atoms with Crippen LogP contribution in [0, 0.1) is 0 Å². The van der Waals surface area contributed by atoms with Crippen LogP contribution in [0.15, 0.2) is 49.4 Å². The smallest absolute Gasteiger partial charge is 0.272 e. The summed E-state index contributed by atoms with van der Waals surface area (Å²) >= 11 is 1.34. The van der Waals surface area contributed by atoms with Gasteiger partial charge >= 0.3 is 0 Å². The molecule has 7 heteroatoms. The van der Waals surface area contributed by atoms with Gasteiger partial charge in [-0.25, -0.2) is 9.97 Å². The minimum absolute atomic E-state index is 0.159. The van der Waals surface area contributed by atoms with Crippen molar-refractivity contribution >= 4 is 39.0 Å². The molecule has 0 radical (unpaired) electrons. The first kappa shape index (κ1) is 16.9. The van der Waals surface area contributed by atoms with E-state index in [9.17, 15) is 4.79 Å². The predicted octanol–water partition coefficient (Wildman–Crippen LogP) is 3.56. The van der Waals surface area contributed by atoms with Crippen molar-refractivity contribution in [2.75, 3.05) is 31.0 Å². The Morgan fingerprint density at radius 1 is 1.24 bits per heavy atom. The number of benzene rings is 1. The fraction of sp³-hybridized carbons (Fsp3) is 0.167. The number of rotatable bonds is 5. The zero-order valence-electron chi connectivity index (χ0n) is 14.3. The second kappa shape index (κ2) is 6.90. The van der Waals surface area contributed by atoms with E-state index in [1.165, 1.54) is 28.8 Å². The van der Waals surface area contributed by atoms with E-state index >= 15 is 0 Å². The molecule has 6 nitrogen and oxygen atoms in total. The molecule has 2 aromatic heterocycles. The minimum atomic E-state index is -0.159. The number of fused-ring (bicyclic) bond motifs is 1. The lowest BCUT2D eigenvalue weighted by atomic mass is 10.2. The Morgan fingerprint density at radius 2 is 1.96 bits per heavy atom. The molecule has 3 aromatic rings. The van der Waals surface area contributed by atoms with Crippen molar-refractivity contribution < 1.29 is 9.53 Å². The topological polar surface area (TPSA) is 58.6 Å². The van der Waals surface area contributed by atoms with E-state index < -0.39 is 0 Å². The normalized spacial score (nSPS) is 10.5. The number of amides is 1. The molecule has 1 aromatic carbocycles. The summed E-state index contributed by atoms with van der Waals surface area (Å²) in [6, 6.07) is 9.07. The Kier molecular flexibility index (Phi) is 4.67. The van der Waals surface area contributed by atoms with Gasteiger partial charge in [-0.15, -0.1) is 11.3 Å². The van der Waals surface area contributed by atoms with Crippen molar-refractivity contribution in [3.05, 3.63) is 54.3 Å². The first-order valence-corrected chi connectivity index (χ1v) is 8.39. The summed E-state index contributed by atoms with van der Waals surface area (Å²) < 4.78 is 5.16. The fourth-order valence-electron chi connectivity index (χ4n) is 2.47. The SMILES string of the molecule is C=CN(C(=O)c1cc2c(N(C)C)ncnc2s1)c1ccc(OC)cc1. The minimum Gasteiger partial charge on any atom is -0.497 e. The molecule has 0 bridgehead atoms. The summed E-state index contributed by atoms with van der Waals surface area (Å²) in [4.78, 5) is 26.3. The highest BCUT2D eigenvalue weighted by atomic mass is 32.1. The van der Waals surface area contributed by atoms with Crippen LogP contribution in [0.4, 0.5) is 11.5 Å². The van der Waals surface area contributed by atoms with Crippen molar-refractivity contribution in [3.8, 4) is 5.75 Å². The zero-order chi connectivity index (χ0) is 18.0. The Hall–Kier alpha value is -2.93. The number of hydrogen-bond donors (Lipinski definition) is 0. The van der Waals surface area contributed by atoms with Crippen LogP contribution in [0.25, 0.3) is 10.2 Å². The molecule has 0 fully saturated rings. The van der Waals surface area contributed by atoms with Crippen LogP contribution in [0.3, 0.4) is 0 Å². The average Bonchev–Trinajstić information content (AvgIpc) is 3.06. The molecule has 0 N–H and O–H groups in total. The van der Waals surface area contributed by atoms with E-state index in [1.807, 2.05) is 37.2 Å². The fourth-order valence-corrected chi connectivity index (χ4v) is 3.40. The van der Waals surface area contributed by atoms with Gasteiger partial charge in [0.25, 0.3) is 5.91 Å². The molecule has 2 heterocycles. The second-order valence-electron chi connectivity index (χ2n) is 5.48. The molecule has 0 saturated carbocycles. The third-order valence-electron chi connectivity index (χ3n) is 3.69. The molecule has 0 atom stereocenters. The lowest BCUT2D eigenvalue weighted by Gasteiger charge is -2.17. The van der Waals surface area contributed by atoms with Gasteiger partial charge in [0, 0.05) is 26.0 Å². The summed E-state index contributed by atoms with van der Waals surface area (Å²) in [5.41, 5.74) is 0.720. The maximum Gasteiger partial charge on any atom is 0.272 e. The van der Waals surface area contributed by atoms with E-state index in [0.29, 0.717) is 4.88 Å². The van der Waals surface area contributed by atoms with Gasteiger partial charge in [0.1, 0.15) is 22.7 Å². The van der Waals surface area contributed by atoms with Crippen molar-refractivity contribution in [2.45, 2.75) is 0 Å². The van der Waals surface area contributed by atoms with Gasteiger partial charge in [0.05, 0.1) is 17.4 Å². The van der Waals surface area contributed by atoms with Gasteiger partial charge in [-0.1, -0.05) is 6.58 Å². The first-order valence-electron chi connectivity index (χ1n) is 7.57. The highest BCUT2D eigenvalue weighted by Gasteiger charge is 2.20. The van der Waals surface area contributed by atoms with Gasteiger partial charge in [-0.2, -0.15) is 0 Å². The van der Waals surface area contributed by atoms with Gasteiger partial charge in [0.15, 0.2) is 0 Å². The molecule has 0 unspecified atom stereocenters. The van der Waals surface area contributed by atoms with Gasteiger partial charge in [-0.05, 0) is 30.3 Å². The van der Waals surface area contributed by atoms with Crippen LogP contribution >= 0.6 is 11.3 Å². The molecule has 0 aliphatic rings. The van der Waals surface area contributed by atoms with E-state index in [2.05, 4.69) is 16.5 Å². The molecular weight excluding hydrogens is 336 g/mol. The number of aromatic nitrogens is 2. The summed E-state index contributed by atoms with van der Waals surface area (Å²) in [5, 5.41) is 0.861. The third-order valence-corrected chi connectivity index (χ3v) is 4.73. The van der Waals surface area contributed by atoms with Crippen molar-refractivity contribution in [1.82, 2.24) is 9.97 Å². The average molecular weight is 354 g/mol. The van der Waals surface area contributed by atoms with Crippen LogP contribution < -0.4 is 14.5 Å². The molecule has 0 aliphatic carbocycles. The maximum atomic E-state index is 13.0. The number of thiophene rings is 1. The predicted molar refractivity (Wildman–Crippen MR) is 102 cm³/mol. The van der Waals surface area contributed by atoms with Gasteiger partial charge in [-0.3, -0.25) is 9.69 Å². The van der Waals surface area contributed by atoms with Gasteiger partial charge in [0.2, 0.25) is 0 Å². The second-order valence-corrected chi connectivity index (χ2v) is 6.51. The lowest BCUT2D eigenvalue weighted by Crippen LogP contribution is -2.23. The molecule has 128 valence electrons. The summed E-state index contributed by atoms with van der Waals surface area (Å²) in [6.07, 6.45) is 3.02. The molecule has 0 aliphatic heterocycles. The largest absolute Gasteiger partial charge is 0.497 e. The number of ether oxygens (including phenoxy) is 1. The Bertz CT molecular complexity index is 918. The third kappa shape index (κ3) is 3.18. The number of anilines is 2. The summed E-state index contributed by atoms with van der Waals surface area (Å²) in [7, 11) is 5.43. The lowest BCUT2D eigenvalue weighted by molar-refractivity contribution is 0.100. The number of carbonyl (C=O) groups excluding carboxylic acids is 1. The standard InChI is InChI=1S/C18H18N4O2S/c1-5-22(12-6-8-13(24-4)9-7-12)18(23)15-10-14-16(21(2)3)19-11-20-17(14)25-15/h5-11H,1H2,2-4H3. The van der Waals surface area contributed by atoms with Gasteiger partial charge < -0.3 is 9.64 Å². The summed E-state index contributed by atoms with van der Waals surface area (Å²) in [6.45, 7) is 3.77. The summed E-state index contributed by atoms with van der Waals surface area (Å²) in [5.74, 6) is 1.36. The molecular formula is C18H18N4O2S. The van der Waals surface area contributed by atoms with E-state index in [-0.39, 0.29) is 5.91 Å². The molecule has 25 heavy (non-hydrogen) atoms. The van der Waals surface area contributed by atoms with E-state index in [4.69, 9.17) is 4.74 Å². The Labute approximate surface area is 150 Å². The first-order chi connectivity index (χ1) is 12.0. The monoisotopic (exact) mass is 354 g/mol. The zero-order valence-corrected chi connectivity index (χ0v) is 15.1. The van der Waals surface area contributed by atoms with Crippen LogP contribution in [0.1, 0.15) is 9.67 Å². The van der Waals surface area contributed by atoms with E-state index in [0.717, 1.165) is 27.5 Å². The maximum absolute atomic E-state index is 13.0. The number of methoxy groups -OCH3 is 1. The van der Waals surface area contributed by atoms with Crippen molar-refractivity contribution in [3.63, 3.8) is 0 Å². The molecule has 0 saturated heterocycles.